The van der Waals surface area contributed by atoms with E-state index in [-0.39, 0.29) is 11.7 Å². The van der Waals surface area contributed by atoms with Crippen molar-refractivity contribution in [1.29, 1.82) is 0 Å². The number of halogens is 3. The van der Waals surface area contributed by atoms with Crippen molar-refractivity contribution in [3.05, 3.63) is 106 Å². The lowest BCUT2D eigenvalue weighted by Crippen LogP contribution is -2.28. The molecule has 5 nitrogen and oxygen atoms in total. The molecule has 0 aliphatic carbocycles. The molecule has 3 aromatic carbocycles. The molecule has 4 aromatic rings. The predicted molar refractivity (Wildman–Crippen MR) is 139 cm³/mol. The standard InChI is InChI=1S/C26H23Cl2FN4OS/c1-17(30-24(34)14-9-18-5-3-2-4-6-18)25-31-32-26(35-16-19-7-11-21(29)12-8-19)33(25)23-13-10-20(27)15-22(23)28/h2-8,10-13,15,17H,9,14,16H2,1H3,(H,30,34). The Balaban J connectivity index is 1.55. The number of carbonyl (C=O) groups is 1. The molecule has 9 heteroatoms. The van der Waals surface area contributed by atoms with Gasteiger partial charge in [0.25, 0.3) is 0 Å². The topological polar surface area (TPSA) is 59.8 Å². The first-order chi connectivity index (χ1) is 16.9. The van der Waals surface area contributed by atoms with Gasteiger partial charge in [-0.3, -0.25) is 9.36 Å². The molecule has 1 atom stereocenters. The minimum atomic E-state index is -0.419. The number of hydrogen-bond donors (Lipinski definition) is 1. The lowest BCUT2D eigenvalue weighted by molar-refractivity contribution is -0.121. The van der Waals surface area contributed by atoms with Crippen LogP contribution in [0.5, 0.6) is 0 Å². The maximum absolute atomic E-state index is 13.3. The molecular formula is C26H23Cl2FN4OS. The molecule has 0 bridgehead atoms. The van der Waals surface area contributed by atoms with Crippen molar-refractivity contribution in [2.24, 2.45) is 0 Å². The zero-order chi connectivity index (χ0) is 24.8. The van der Waals surface area contributed by atoms with Crippen molar-refractivity contribution in [3.63, 3.8) is 0 Å². The quantitative estimate of drug-likeness (QED) is 0.242. The molecule has 0 saturated carbocycles. The average molecular weight is 529 g/mol. The second-order valence-electron chi connectivity index (χ2n) is 7.96. The van der Waals surface area contributed by atoms with E-state index in [9.17, 15) is 9.18 Å². The first-order valence-electron chi connectivity index (χ1n) is 11.0. The third-order valence-electron chi connectivity index (χ3n) is 5.34. The monoisotopic (exact) mass is 528 g/mol. The molecule has 0 radical (unpaired) electrons. The Labute approximate surface area is 217 Å². The smallest absolute Gasteiger partial charge is 0.220 e. The highest BCUT2D eigenvalue weighted by molar-refractivity contribution is 7.98. The van der Waals surface area contributed by atoms with E-state index in [4.69, 9.17) is 23.2 Å². The van der Waals surface area contributed by atoms with Crippen LogP contribution < -0.4 is 5.32 Å². The Hall–Kier alpha value is -2.87. The van der Waals surface area contributed by atoms with Gasteiger partial charge in [-0.25, -0.2) is 4.39 Å². The largest absolute Gasteiger partial charge is 0.346 e. The third kappa shape index (κ3) is 6.63. The molecule has 180 valence electrons. The lowest BCUT2D eigenvalue weighted by atomic mass is 10.1. The van der Waals surface area contributed by atoms with E-state index in [0.29, 0.717) is 45.3 Å². The van der Waals surface area contributed by atoms with Gasteiger partial charge in [-0.2, -0.15) is 0 Å². The summed E-state index contributed by atoms with van der Waals surface area (Å²) in [7, 11) is 0. The van der Waals surface area contributed by atoms with E-state index in [0.717, 1.165) is 11.1 Å². The van der Waals surface area contributed by atoms with Gasteiger partial charge < -0.3 is 5.32 Å². The van der Waals surface area contributed by atoms with E-state index < -0.39 is 6.04 Å². The molecule has 1 heterocycles. The molecular weight excluding hydrogens is 506 g/mol. The highest BCUT2D eigenvalue weighted by Crippen LogP contribution is 2.32. The summed E-state index contributed by atoms with van der Waals surface area (Å²) in [5, 5.41) is 13.3. The van der Waals surface area contributed by atoms with Crippen molar-refractivity contribution in [1.82, 2.24) is 20.1 Å². The summed E-state index contributed by atoms with van der Waals surface area (Å²) in [4.78, 5) is 12.7. The summed E-state index contributed by atoms with van der Waals surface area (Å²) < 4.78 is 15.1. The molecule has 1 amide bonds. The summed E-state index contributed by atoms with van der Waals surface area (Å²) in [6.07, 6.45) is 1.00. The fraction of sp³-hybridized carbons (Fsp3) is 0.192. The normalized spacial score (nSPS) is 11.9. The molecule has 4 rings (SSSR count). The third-order valence-corrected chi connectivity index (χ3v) is 6.88. The van der Waals surface area contributed by atoms with Gasteiger partial charge in [0.05, 0.1) is 16.8 Å². The van der Waals surface area contributed by atoms with Crippen LogP contribution in [0.25, 0.3) is 5.69 Å². The second-order valence-corrected chi connectivity index (χ2v) is 9.75. The van der Waals surface area contributed by atoms with Gasteiger partial charge in [0.1, 0.15) is 5.82 Å². The minimum Gasteiger partial charge on any atom is -0.346 e. The highest BCUT2D eigenvalue weighted by atomic mass is 35.5. The fourth-order valence-corrected chi connectivity index (χ4v) is 4.95. The number of thioether (sulfide) groups is 1. The highest BCUT2D eigenvalue weighted by Gasteiger charge is 2.22. The summed E-state index contributed by atoms with van der Waals surface area (Å²) >= 11 is 14.1. The number of hydrogen-bond acceptors (Lipinski definition) is 4. The Bertz CT molecular complexity index is 1300. The van der Waals surface area contributed by atoms with E-state index in [1.165, 1.54) is 23.9 Å². The van der Waals surface area contributed by atoms with Gasteiger partial charge in [-0.1, -0.05) is 77.4 Å². The first-order valence-corrected chi connectivity index (χ1v) is 12.8. The predicted octanol–water partition coefficient (Wildman–Crippen LogP) is 6.82. The first kappa shape index (κ1) is 25.2. The van der Waals surface area contributed by atoms with Gasteiger partial charge in [0.15, 0.2) is 11.0 Å². The van der Waals surface area contributed by atoms with Crippen LogP contribution in [0.4, 0.5) is 4.39 Å². The summed E-state index contributed by atoms with van der Waals surface area (Å²) in [5.74, 6) is 0.734. The van der Waals surface area contributed by atoms with Crippen LogP contribution >= 0.6 is 35.0 Å². The van der Waals surface area contributed by atoms with Crippen LogP contribution in [0.2, 0.25) is 10.0 Å². The van der Waals surface area contributed by atoms with Crippen molar-refractivity contribution >= 4 is 40.9 Å². The van der Waals surface area contributed by atoms with E-state index in [1.54, 1.807) is 30.3 Å². The van der Waals surface area contributed by atoms with Crippen LogP contribution in [-0.2, 0) is 17.0 Å². The SMILES string of the molecule is CC(NC(=O)CCc1ccccc1)c1nnc(SCc2ccc(F)cc2)n1-c1ccc(Cl)cc1Cl. The molecule has 0 spiro atoms. The van der Waals surface area contributed by atoms with E-state index in [1.807, 2.05) is 41.8 Å². The Morgan fingerprint density at radius 2 is 1.77 bits per heavy atom. The molecule has 0 saturated heterocycles. The van der Waals surface area contributed by atoms with Gasteiger partial charge >= 0.3 is 0 Å². The van der Waals surface area contributed by atoms with Crippen molar-refractivity contribution in [3.8, 4) is 5.69 Å². The van der Waals surface area contributed by atoms with Crippen molar-refractivity contribution < 1.29 is 9.18 Å². The number of aryl methyl sites for hydroxylation is 1. The number of nitrogens with zero attached hydrogens (tertiary/aromatic N) is 3. The Morgan fingerprint density at radius 1 is 1.03 bits per heavy atom. The van der Waals surface area contributed by atoms with Crippen LogP contribution in [0.15, 0.2) is 78.0 Å². The fourth-order valence-electron chi connectivity index (χ4n) is 3.55. The van der Waals surface area contributed by atoms with Crippen LogP contribution in [0, 0.1) is 5.82 Å². The lowest BCUT2D eigenvalue weighted by Gasteiger charge is -2.17. The zero-order valence-corrected chi connectivity index (χ0v) is 21.2. The van der Waals surface area contributed by atoms with Gasteiger partial charge in [-0.05, 0) is 54.8 Å². The molecule has 0 aliphatic rings. The van der Waals surface area contributed by atoms with E-state index >= 15 is 0 Å². The maximum Gasteiger partial charge on any atom is 0.220 e. The van der Waals surface area contributed by atoms with Crippen LogP contribution in [0.1, 0.15) is 36.3 Å². The van der Waals surface area contributed by atoms with Gasteiger partial charge in [0.2, 0.25) is 5.91 Å². The minimum absolute atomic E-state index is 0.0846. The molecule has 35 heavy (non-hydrogen) atoms. The molecule has 0 fully saturated rings. The maximum atomic E-state index is 13.3. The van der Waals surface area contributed by atoms with Crippen LogP contribution in [0.3, 0.4) is 0 Å². The number of benzene rings is 3. The van der Waals surface area contributed by atoms with E-state index in [2.05, 4.69) is 15.5 Å². The Kier molecular flexibility index (Phi) is 8.44. The summed E-state index contributed by atoms with van der Waals surface area (Å²) in [6.45, 7) is 1.86. The number of carbonyl (C=O) groups excluding carboxylic acids is 1. The van der Waals surface area contributed by atoms with Gasteiger partial charge in [0, 0.05) is 17.2 Å². The molecule has 1 aromatic heterocycles. The number of amides is 1. The molecule has 1 unspecified atom stereocenters. The summed E-state index contributed by atoms with van der Waals surface area (Å²) in [6, 6.07) is 20.9. The molecule has 1 N–H and O–H groups in total. The number of rotatable bonds is 9. The molecule has 0 aliphatic heterocycles. The second kappa shape index (κ2) is 11.7. The number of nitrogens with one attached hydrogen (secondary N) is 1. The number of aromatic nitrogens is 3. The average Bonchev–Trinajstić information content (AvgIpc) is 3.27. The van der Waals surface area contributed by atoms with Crippen LogP contribution in [-0.4, -0.2) is 20.7 Å². The van der Waals surface area contributed by atoms with Gasteiger partial charge in [-0.15, -0.1) is 10.2 Å². The Morgan fingerprint density at radius 3 is 2.49 bits per heavy atom. The summed E-state index contributed by atoms with van der Waals surface area (Å²) in [5.41, 5.74) is 2.70. The zero-order valence-electron chi connectivity index (χ0n) is 18.9. The van der Waals surface area contributed by atoms with Crippen molar-refractivity contribution in [2.45, 2.75) is 36.7 Å². The van der Waals surface area contributed by atoms with Crippen molar-refractivity contribution in [2.75, 3.05) is 0 Å².